The Labute approximate surface area is 44.9 Å². The van der Waals surface area contributed by atoms with Crippen molar-refractivity contribution in [2.75, 3.05) is 0 Å². The van der Waals surface area contributed by atoms with Gasteiger partial charge in [-0.1, -0.05) is 20.8 Å². The summed E-state index contributed by atoms with van der Waals surface area (Å²) < 4.78 is 0. The zero-order valence-corrected chi connectivity index (χ0v) is 3.58. The molecule has 0 amide bonds. The molecule has 0 heterocycles. The van der Waals surface area contributed by atoms with E-state index in [0.717, 1.165) is 5.92 Å². The molecule has 0 aliphatic rings. The van der Waals surface area contributed by atoms with Gasteiger partial charge >= 0.3 is 17.6 Å². The maximum absolute atomic E-state index is 2.17. The predicted molar refractivity (Wildman–Crippen MR) is 31.8 cm³/mol. The Hall–Kier alpha value is 0.543. The fraction of sp³-hybridized carbons (Fsp3) is 1.00. The van der Waals surface area contributed by atoms with Gasteiger partial charge in [-0.15, -0.1) is 0 Å². The molecule has 0 saturated heterocycles. The molecule has 0 aromatic carbocycles. The van der Waals surface area contributed by atoms with E-state index in [2.05, 4.69) is 20.8 Å². The average Bonchev–Trinajstić information content (AvgIpc) is 0.811. The van der Waals surface area contributed by atoms with Crippen LogP contribution in [-0.2, 0) is 0 Å². The van der Waals surface area contributed by atoms with Crippen LogP contribution in [0.25, 0.3) is 0 Å². The van der Waals surface area contributed by atoms with E-state index in [9.17, 15) is 0 Å². The van der Waals surface area contributed by atoms with E-state index in [1.165, 1.54) is 0 Å². The quantitative estimate of drug-likeness (QED) is 0.416. The van der Waals surface area contributed by atoms with Crippen LogP contribution in [0.15, 0.2) is 0 Å². The molecular weight excluding hydrogens is 121 g/mol. The molecule has 0 radical (unpaired) electrons. The first-order valence-corrected chi connectivity index (χ1v) is 1.73. The first-order valence-electron chi connectivity index (χ1n) is 1.73. The van der Waals surface area contributed by atoms with Gasteiger partial charge in [-0.05, 0) is 5.92 Å². The Morgan fingerprint density at radius 1 is 1.00 bits per heavy atom. The van der Waals surface area contributed by atoms with Gasteiger partial charge in [0.05, 0.1) is 0 Å². The molecule has 0 rings (SSSR count). The van der Waals surface area contributed by atoms with Crippen LogP contribution in [-0.4, -0.2) is 17.6 Å². The summed E-state index contributed by atoms with van der Waals surface area (Å²) in [6.07, 6.45) is 0. The van der Waals surface area contributed by atoms with Crippen LogP contribution in [0.5, 0.6) is 0 Å². The van der Waals surface area contributed by atoms with Crippen LogP contribution in [0.3, 0.4) is 0 Å². The van der Waals surface area contributed by atoms with Gasteiger partial charge in [0.25, 0.3) is 0 Å². The second-order valence-corrected chi connectivity index (χ2v) is 1.73. The molecule has 0 aliphatic heterocycles. The molecule has 0 fully saturated rings. The van der Waals surface area contributed by atoms with Gasteiger partial charge in [-0.2, -0.15) is 0 Å². The topological polar surface area (TPSA) is 0 Å². The monoisotopic (exact) mass is 136 g/mol. The molecule has 0 unspecified atom stereocenters. The van der Waals surface area contributed by atoms with E-state index in [1.54, 1.807) is 0 Å². The first kappa shape index (κ1) is 9.11. The molecular formula is C4H14Ge. The Balaban J connectivity index is 0. The van der Waals surface area contributed by atoms with Crippen LogP contribution in [0, 0.1) is 5.92 Å². The number of rotatable bonds is 0. The molecule has 0 nitrogen and oxygen atoms in total. The summed E-state index contributed by atoms with van der Waals surface area (Å²) in [6, 6.07) is 0. The standard InChI is InChI=1S/C4H10.GeH4/c1-4(2)3;/h4H,1-3H3;1H4. The molecule has 0 aromatic rings. The summed E-state index contributed by atoms with van der Waals surface area (Å²) in [5, 5.41) is 0. The Kier molecular flexibility index (Phi) is 8.28. The summed E-state index contributed by atoms with van der Waals surface area (Å²) in [7, 11) is 0. The third-order valence-corrected chi connectivity index (χ3v) is 0. The van der Waals surface area contributed by atoms with E-state index >= 15 is 0 Å². The third-order valence-electron chi connectivity index (χ3n) is 0. The van der Waals surface area contributed by atoms with Crippen molar-refractivity contribution < 1.29 is 0 Å². The van der Waals surface area contributed by atoms with Gasteiger partial charge in [0, 0.05) is 0 Å². The Morgan fingerprint density at radius 3 is 1.00 bits per heavy atom. The van der Waals surface area contributed by atoms with Crippen molar-refractivity contribution in [2.45, 2.75) is 20.8 Å². The molecule has 0 aromatic heterocycles. The zero-order chi connectivity index (χ0) is 3.58. The third kappa shape index (κ3) is 99.7. The van der Waals surface area contributed by atoms with Crippen LogP contribution in [0.1, 0.15) is 20.8 Å². The van der Waals surface area contributed by atoms with Crippen molar-refractivity contribution in [3.63, 3.8) is 0 Å². The summed E-state index contributed by atoms with van der Waals surface area (Å²) in [6.45, 7) is 6.50. The van der Waals surface area contributed by atoms with E-state index in [4.69, 9.17) is 0 Å². The van der Waals surface area contributed by atoms with Crippen molar-refractivity contribution in [1.82, 2.24) is 0 Å². The molecule has 0 spiro atoms. The Morgan fingerprint density at radius 2 is 1.00 bits per heavy atom. The molecule has 0 atom stereocenters. The van der Waals surface area contributed by atoms with Crippen LogP contribution in [0.2, 0.25) is 0 Å². The van der Waals surface area contributed by atoms with E-state index in [-0.39, 0.29) is 17.6 Å². The molecule has 5 heavy (non-hydrogen) atoms. The fourth-order valence-corrected chi connectivity index (χ4v) is 0. The van der Waals surface area contributed by atoms with Crippen LogP contribution >= 0.6 is 0 Å². The van der Waals surface area contributed by atoms with Gasteiger partial charge in [0.1, 0.15) is 0 Å². The average molecular weight is 135 g/mol. The van der Waals surface area contributed by atoms with Gasteiger partial charge in [-0.3, -0.25) is 0 Å². The van der Waals surface area contributed by atoms with Gasteiger partial charge in [0.2, 0.25) is 0 Å². The second-order valence-electron chi connectivity index (χ2n) is 1.73. The number of hydrogen-bond acceptors (Lipinski definition) is 0. The zero-order valence-electron chi connectivity index (χ0n) is 3.58. The van der Waals surface area contributed by atoms with Gasteiger partial charge in [0.15, 0.2) is 0 Å². The minimum atomic E-state index is 0. The van der Waals surface area contributed by atoms with Gasteiger partial charge < -0.3 is 0 Å². The normalized spacial score (nSPS) is 7.20. The first-order chi connectivity index (χ1) is 1.73. The van der Waals surface area contributed by atoms with Crippen molar-refractivity contribution in [3.8, 4) is 0 Å². The van der Waals surface area contributed by atoms with E-state index in [1.807, 2.05) is 0 Å². The minimum absolute atomic E-state index is 0. The summed E-state index contributed by atoms with van der Waals surface area (Å²) in [5.74, 6) is 0.833. The summed E-state index contributed by atoms with van der Waals surface area (Å²) in [4.78, 5) is 0. The molecule has 1 heteroatoms. The molecule has 0 bridgehead atoms. The predicted octanol–water partition coefficient (Wildman–Crippen LogP) is 0.211. The van der Waals surface area contributed by atoms with Crippen LogP contribution in [0.4, 0.5) is 0 Å². The van der Waals surface area contributed by atoms with Crippen LogP contribution < -0.4 is 0 Å². The molecule has 0 aliphatic carbocycles. The summed E-state index contributed by atoms with van der Waals surface area (Å²) >= 11 is 0. The number of hydrogen-bond donors (Lipinski definition) is 0. The molecule has 0 N–H and O–H groups in total. The maximum atomic E-state index is 2.17. The summed E-state index contributed by atoms with van der Waals surface area (Å²) in [5.41, 5.74) is 0. The van der Waals surface area contributed by atoms with Gasteiger partial charge in [-0.25, -0.2) is 0 Å². The van der Waals surface area contributed by atoms with Crippen molar-refractivity contribution >= 4 is 17.6 Å². The fourth-order valence-electron chi connectivity index (χ4n) is 0. The van der Waals surface area contributed by atoms with E-state index in [0.29, 0.717) is 0 Å². The molecule has 34 valence electrons. The van der Waals surface area contributed by atoms with Crippen molar-refractivity contribution in [2.24, 2.45) is 5.92 Å². The SMILES string of the molecule is CC(C)C.[GeH4]. The second kappa shape index (κ2) is 4.54. The Bertz CT molecular complexity index is 8.36. The van der Waals surface area contributed by atoms with Crippen molar-refractivity contribution in [1.29, 1.82) is 0 Å². The van der Waals surface area contributed by atoms with Crippen molar-refractivity contribution in [3.05, 3.63) is 0 Å². The molecule has 0 saturated carbocycles. The van der Waals surface area contributed by atoms with E-state index < -0.39 is 0 Å².